The lowest BCUT2D eigenvalue weighted by atomic mass is 9.89. The number of likely N-dealkylation sites (tertiary alicyclic amines) is 1. The normalized spacial score (nSPS) is 14.8. The van der Waals surface area contributed by atoms with Gasteiger partial charge in [-0.15, -0.1) is 5.10 Å². The largest absolute Gasteiger partial charge is 0.444 e. The summed E-state index contributed by atoms with van der Waals surface area (Å²) in [6.07, 6.45) is 6.56. The number of nitrogens with one attached hydrogen (secondary N) is 1. The monoisotopic (exact) mass is 470 g/mol. The molecule has 1 N–H and O–H groups in total. The van der Waals surface area contributed by atoms with E-state index in [2.05, 4.69) is 45.6 Å². The van der Waals surface area contributed by atoms with Crippen LogP contribution in [0.3, 0.4) is 0 Å². The maximum Gasteiger partial charge on any atom is 0.410 e. The number of para-hydroxylation sites is 1. The molecule has 1 saturated heterocycles. The van der Waals surface area contributed by atoms with Crippen molar-refractivity contribution >= 4 is 28.6 Å². The van der Waals surface area contributed by atoms with Crippen LogP contribution in [0.15, 0.2) is 67.1 Å². The molecule has 0 radical (unpaired) electrons. The number of ether oxygens (including phenoxy) is 1. The highest BCUT2D eigenvalue weighted by molar-refractivity contribution is 5.92. The van der Waals surface area contributed by atoms with Crippen LogP contribution in [0.25, 0.3) is 16.6 Å². The molecule has 35 heavy (non-hydrogen) atoms. The molecule has 4 aromatic rings. The van der Waals surface area contributed by atoms with Gasteiger partial charge in [-0.3, -0.25) is 4.98 Å². The molecule has 1 amide bonds. The van der Waals surface area contributed by atoms with Crippen LogP contribution in [0.2, 0.25) is 0 Å². The Labute approximate surface area is 205 Å². The minimum atomic E-state index is -0.477. The van der Waals surface area contributed by atoms with Gasteiger partial charge >= 0.3 is 6.09 Å². The number of fused-ring (bicyclic) bond motifs is 1. The standard InChI is InChI=1S/C27H30N6O2/c1-27(2,3)35-26(34)32-15-11-19(12-16-32)20-7-6-8-21(17-20)33-23-10-5-4-9-22(23)25(31-33)30-24-18-28-13-14-29-24/h4-10,13-14,17-19H,11-12,15-16H2,1-3H3,(H,29,30,31). The summed E-state index contributed by atoms with van der Waals surface area (Å²) < 4.78 is 7.51. The highest BCUT2D eigenvalue weighted by Crippen LogP contribution is 2.32. The van der Waals surface area contributed by atoms with E-state index < -0.39 is 5.60 Å². The van der Waals surface area contributed by atoms with Crippen molar-refractivity contribution in [2.45, 2.75) is 45.1 Å². The molecule has 2 aromatic heterocycles. The number of anilines is 2. The maximum atomic E-state index is 12.4. The van der Waals surface area contributed by atoms with E-state index in [0.717, 1.165) is 35.2 Å². The molecule has 0 atom stereocenters. The van der Waals surface area contributed by atoms with E-state index >= 15 is 0 Å². The Hall–Kier alpha value is -3.94. The third-order valence-electron chi connectivity index (χ3n) is 6.13. The minimum Gasteiger partial charge on any atom is -0.444 e. The van der Waals surface area contributed by atoms with Crippen molar-refractivity contribution < 1.29 is 9.53 Å². The fourth-order valence-corrected chi connectivity index (χ4v) is 4.47. The number of rotatable bonds is 4. The topological polar surface area (TPSA) is 85.2 Å². The van der Waals surface area contributed by atoms with Gasteiger partial charge in [-0.1, -0.05) is 24.3 Å². The Bertz CT molecular complexity index is 1320. The van der Waals surface area contributed by atoms with E-state index in [1.165, 1.54) is 5.56 Å². The zero-order valence-electron chi connectivity index (χ0n) is 20.3. The lowest BCUT2D eigenvalue weighted by Crippen LogP contribution is -2.41. The zero-order chi connectivity index (χ0) is 24.4. The third-order valence-corrected chi connectivity index (χ3v) is 6.13. The maximum absolute atomic E-state index is 12.4. The Balaban J connectivity index is 1.37. The fourth-order valence-electron chi connectivity index (χ4n) is 4.47. The first-order valence-corrected chi connectivity index (χ1v) is 12.0. The second-order valence-corrected chi connectivity index (χ2v) is 9.83. The molecular formula is C27H30N6O2. The third kappa shape index (κ3) is 5.11. The summed E-state index contributed by atoms with van der Waals surface area (Å²) in [5.41, 5.74) is 2.79. The molecule has 0 unspecified atom stereocenters. The fraction of sp³-hybridized carbons (Fsp3) is 0.333. The van der Waals surface area contributed by atoms with Gasteiger partial charge < -0.3 is 15.0 Å². The smallest absolute Gasteiger partial charge is 0.410 e. The molecule has 8 heteroatoms. The highest BCUT2D eigenvalue weighted by Gasteiger charge is 2.27. The summed E-state index contributed by atoms with van der Waals surface area (Å²) >= 11 is 0. The van der Waals surface area contributed by atoms with E-state index in [0.29, 0.717) is 24.8 Å². The zero-order valence-corrected chi connectivity index (χ0v) is 20.3. The van der Waals surface area contributed by atoms with Crippen molar-refractivity contribution in [1.29, 1.82) is 0 Å². The average molecular weight is 471 g/mol. The van der Waals surface area contributed by atoms with Gasteiger partial charge in [-0.25, -0.2) is 14.5 Å². The van der Waals surface area contributed by atoms with Gasteiger partial charge in [0, 0.05) is 30.9 Å². The molecule has 0 bridgehead atoms. The SMILES string of the molecule is CC(C)(C)OC(=O)N1CCC(c2cccc(-n3nc(Nc4cnccn4)c4ccccc43)c2)CC1. The van der Waals surface area contributed by atoms with Crippen LogP contribution in [-0.4, -0.2) is 49.4 Å². The van der Waals surface area contributed by atoms with E-state index in [1.807, 2.05) is 48.6 Å². The van der Waals surface area contributed by atoms with Gasteiger partial charge in [-0.05, 0) is 69.4 Å². The molecular weight excluding hydrogens is 440 g/mol. The summed E-state index contributed by atoms with van der Waals surface area (Å²) in [5, 5.41) is 9.18. The van der Waals surface area contributed by atoms with Crippen LogP contribution in [0, 0.1) is 0 Å². The molecule has 0 aliphatic carbocycles. The molecule has 1 aliphatic rings. The first kappa shape index (κ1) is 22.8. The first-order chi connectivity index (χ1) is 16.9. The van der Waals surface area contributed by atoms with E-state index in [4.69, 9.17) is 9.84 Å². The second kappa shape index (κ2) is 9.37. The van der Waals surface area contributed by atoms with Gasteiger partial charge in [-0.2, -0.15) is 0 Å². The van der Waals surface area contributed by atoms with E-state index in [1.54, 1.807) is 18.6 Å². The predicted octanol–water partition coefficient (Wildman–Crippen LogP) is 5.67. The van der Waals surface area contributed by atoms with Crippen LogP contribution in [0.5, 0.6) is 0 Å². The van der Waals surface area contributed by atoms with Crippen LogP contribution < -0.4 is 5.32 Å². The molecule has 180 valence electrons. The number of aromatic nitrogens is 4. The van der Waals surface area contributed by atoms with Crippen LogP contribution >= 0.6 is 0 Å². The van der Waals surface area contributed by atoms with Gasteiger partial charge in [0.2, 0.25) is 0 Å². The van der Waals surface area contributed by atoms with Crippen LogP contribution in [-0.2, 0) is 4.74 Å². The number of hydrogen-bond donors (Lipinski definition) is 1. The molecule has 5 rings (SSSR count). The van der Waals surface area contributed by atoms with Gasteiger partial charge in [0.1, 0.15) is 11.4 Å². The van der Waals surface area contributed by atoms with Crippen molar-refractivity contribution in [3.8, 4) is 5.69 Å². The van der Waals surface area contributed by atoms with E-state index in [-0.39, 0.29) is 6.09 Å². The summed E-state index contributed by atoms with van der Waals surface area (Å²) in [7, 11) is 0. The number of nitrogens with zero attached hydrogens (tertiary/aromatic N) is 5. The predicted molar refractivity (Wildman–Crippen MR) is 136 cm³/mol. The van der Waals surface area contributed by atoms with Crippen molar-refractivity contribution in [3.63, 3.8) is 0 Å². The van der Waals surface area contributed by atoms with Crippen molar-refractivity contribution in [1.82, 2.24) is 24.6 Å². The van der Waals surface area contributed by atoms with E-state index in [9.17, 15) is 4.79 Å². The van der Waals surface area contributed by atoms with Gasteiger partial charge in [0.25, 0.3) is 0 Å². The molecule has 3 heterocycles. The molecule has 2 aromatic carbocycles. The number of piperidine rings is 1. The Kier molecular flexibility index (Phi) is 6.11. The average Bonchev–Trinajstić information content (AvgIpc) is 3.22. The number of carbonyl (C=O) groups excluding carboxylic acids is 1. The lowest BCUT2D eigenvalue weighted by Gasteiger charge is -2.33. The summed E-state index contributed by atoms with van der Waals surface area (Å²) in [6, 6.07) is 16.7. The Morgan fingerprint density at radius 1 is 1.06 bits per heavy atom. The number of benzene rings is 2. The minimum absolute atomic E-state index is 0.226. The quantitative estimate of drug-likeness (QED) is 0.413. The van der Waals surface area contributed by atoms with Crippen molar-refractivity contribution in [2.75, 3.05) is 18.4 Å². The van der Waals surface area contributed by atoms with Crippen molar-refractivity contribution in [2.24, 2.45) is 0 Å². The first-order valence-electron chi connectivity index (χ1n) is 12.0. The number of hydrogen-bond acceptors (Lipinski definition) is 6. The Morgan fingerprint density at radius 3 is 2.60 bits per heavy atom. The highest BCUT2D eigenvalue weighted by atomic mass is 16.6. The van der Waals surface area contributed by atoms with Crippen LogP contribution in [0.4, 0.5) is 16.4 Å². The Morgan fingerprint density at radius 2 is 1.86 bits per heavy atom. The number of amides is 1. The molecule has 1 aliphatic heterocycles. The van der Waals surface area contributed by atoms with Gasteiger partial charge in [0.15, 0.2) is 5.82 Å². The summed E-state index contributed by atoms with van der Waals surface area (Å²) in [5.74, 6) is 1.76. The lowest BCUT2D eigenvalue weighted by molar-refractivity contribution is 0.0205. The van der Waals surface area contributed by atoms with Gasteiger partial charge in [0.05, 0.1) is 17.4 Å². The summed E-state index contributed by atoms with van der Waals surface area (Å²) in [6.45, 7) is 7.09. The molecule has 0 saturated carbocycles. The molecule has 0 spiro atoms. The molecule has 1 fully saturated rings. The number of carbonyl (C=O) groups is 1. The van der Waals surface area contributed by atoms with Crippen molar-refractivity contribution in [3.05, 3.63) is 72.7 Å². The summed E-state index contributed by atoms with van der Waals surface area (Å²) in [4.78, 5) is 22.7. The molecule has 8 nitrogen and oxygen atoms in total. The van der Waals surface area contributed by atoms with Crippen LogP contribution in [0.1, 0.15) is 45.1 Å². The second-order valence-electron chi connectivity index (χ2n) is 9.83.